The lowest BCUT2D eigenvalue weighted by Gasteiger charge is -2.33. The molecule has 1 saturated heterocycles. The molecule has 2 heterocycles. The van der Waals surface area contributed by atoms with Gasteiger partial charge in [0.15, 0.2) is 0 Å². The third-order valence-corrected chi connectivity index (χ3v) is 3.59. The first-order valence-corrected chi connectivity index (χ1v) is 7.37. The van der Waals surface area contributed by atoms with Crippen molar-refractivity contribution in [3.63, 3.8) is 0 Å². The van der Waals surface area contributed by atoms with Gasteiger partial charge in [0.05, 0.1) is 7.11 Å². The van der Waals surface area contributed by atoms with Gasteiger partial charge in [-0.2, -0.15) is 0 Å². The van der Waals surface area contributed by atoms with E-state index >= 15 is 0 Å². The van der Waals surface area contributed by atoms with Gasteiger partial charge in [0, 0.05) is 25.4 Å². The van der Waals surface area contributed by atoms with Crippen LogP contribution in [0.1, 0.15) is 45.1 Å². The maximum atomic E-state index is 12.0. The standard InChI is InChI=1S/C16H24N2O3/c1-16(2,3)21-15(19)18-9-6-12(7-10-18)13-5-8-17-14(11-13)20-4/h5,8,11-12H,6-7,9-10H2,1-4H3. The molecule has 21 heavy (non-hydrogen) atoms. The van der Waals surface area contributed by atoms with Crippen molar-refractivity contribution in [2.75, 3.05) is 20.2 Å². The van der Waals surface area contributed by atoms with Gasteiger partial charge in [-0.25, -0.2) is 9.78 Å². The van der Waals surface area contributed by atoms with Crippen LogP contribution in [-0.4, -0.2) is 41.8 Å². The zero-order valence-corrected chi connectivity index (χ0v) is 13.3. The first kappa shape index (κ1) is 15.6. The van der Waals surface area contributed by atoms with Crippen LogP contribution in [0.2, 0.25) is 0 Å². The number of hydrogen-bond donors (Lipinski definition) is 0. The van der Waals surface area contributed by atoms with Crippen molar-refractivity contribution in [1.29, 1.82) is 0 Å². The van der Waals surface area contributed by atoms with Gasteiger partial charge < -0.3 is 14.4 Å². The molecular formula is C16H24N2O3. The second kappa shape index (κ2) is 6.33. The van der Waals surface area contributed by atoms with Gasteiger partial charge in [-0.3, -0.25) is 0 Å². The topological polar surface area (TPSA) is 51.7 Å². The number of piperidine rings is 1. The number of aromatic nitrogens is 1. The van der Waals surface area contributed by atoms with Crippen LogP contribution in [0.15, 0.2) is 18.3 Å². The molecule has 1 aromatic heterocycles. The average Bonchev–Trinajstić information content (AvgIpc) is 2.46. The lowest BCUT2D eigenvalue weighted by molar-refractivity contribution is 0.0205. The molecule has 5 heteroatoms. The zero-order chi connectivity index (χ0) is 15.5. The molecule has 0 bridgehead atoms. The number of methoxy groups -OCH3 is 1. The number of pyridine rings is 1. The first-order chi connectivity index (χ1) is 9.89. The van der Waals surface area contributed by atoms with Crippen LogP contribution >= 0.6 is 0 Å². The van der Waals surface area contributed by atoms with Crippen LogP contribution in [0.25, 0.3) is 0 Å². The lowest BCUT2D eigenvalue weighted by atomic mass is 9.90. The van der Waals surface area contributed by atoms with Crippen LogP contribution in [0.5, 0.6) is 5.88 Å². The van der Waals surface area contributed by atoms with Gasteiger partial charge >= 0.3 is 6.09 Å². The summed E-state index contributed by atoms with van der Waals surface area (Å²) in [6.45, 7) is 7.12. The molecule has 0 spiro atoms. The molecular weight excluding hydrogens is 268 g/mol. The second-order valence-corrected chi connectivity index (χ2v) is 6.37. The fourth-order valence-electron chi connectivity index (χ4n) is 2.51. The molecule has 5 nitrogen and oxygen atoms in total. The Kier molecular flexibility index (Phi) is 4.70. The third kappa shape index (κ3) is 4.34. The zero-order valence-electron chi connectivity index (χ0n) is 13.3. The number of ether oxygens (including phenoxy) is 2. The Bertz CT molecular complexity index is 489. The minimum Gasteiger partial charge on any atom is -0.481 e. The third-order valence-electron chi connectivity index (χ3n) is 3.59. The highest BCUT2D eigenvalue weighted by atomic mass is 16.6. The molecule has 116 valence electrons. The van der Waals surface area contributed by atoms with E-state index in [1.54, 1.807) is 18.2 Å². The number of carbonyl (C=O) groups excluding carboxylic acids is 1. The number of likely N-dealkylation sites (tertiary alicyclic amines) is 1. The Morgan fingerprint density at radius 1 is 1.33 bits per heavy atom. The Morgan fingerprint density at radius 3 is 2.57 bits per heavy atom. The van der Waals surface area contributed by atoms with Crippen molar-refractivity contribution >= 4 is 6.09 Å². The van der Waals surface area contributed by atoms with E-state index < -0.39 is 5.60 Å². The Balaban J connectivity index is 1.92. The molecule has 0 unspecified atom stereocenters. The molecule has 1 aromatic rings. The van der Waals surface area contributed by atoms with Gasteiger partial charge in [0.1, 0.15) is 5.60 Å². The highest BCUT2D eigenvalue weighted by molar-refractivity contribution is 5.68. The van der Waals surface area contributed by atoms with Crippen LogP contribution in [0.3, 0.4) is 0 Å². The highest BCUT2D eigenvalue weighted by Gasteiger charge is 2.27. The summed E-state index contributed by atoms with van der Waals surface area (Å²) in [6.07, 6.45) is 3.43. The predicted molar refractivity (Wildman–Crippen MR) is 80.6 cm³/mol. The normalized spacial score (nSPS) is 16.7. The number of amides is 1. The molecule has 0 aromatic carbocycles. The molecule has 2 rings (SSSR count). The van der Waals surface area contributed by atoms with Gasteiger partial charge in [-0.15, -0.1) is 0 Å². The van der Waals surface area contributed by atoms with E-state index in [1.807, 2.05) is 32.9 Å². The summed E-state index contributed by atoms with van der Waals surface area (Å²) in [5.41, 5.74) is 0.789. The van der Waals surface area contributed by atoms with Gasteiger partial charge in [-0.05, 0) is 51.2 Å². The van der Waals surface area contributed by atoms with Crippen molar-refractivity contribution in [2.45, 2.75) is 45.1 Å². The molecule has 0 N–H and O–H groups in total. The van der Waals surface area contributed by atoms with Gasteiger partial charge in [0.25, 0.3) is 0 Å². The van der Waals surface area contributed by atoms with Crippen LogP contribution in [0.4, 0.5) is 4.79 Å². The minimum atomic E-state index is -0.438. The Labute approximate surface area is 126 Å². The molecule has 0 atom stereocenters. The van der Waals surface area contributed by atoms with Crippen LogP contribution in [-0.2, 0) is 4.74 Å². The van der Waals surface area contributed by atoms with Crippen LogP contribution in [0, 0.1) is 0 Å². The summed E-state index contributed by atoms with van der Waals surface area (Å²) in [7, 11) is 1.62. The fraction of sp³-hybridized carbons (Fsp3) is 0.625. The van der Waals surface area contributed by atoms with E-state index in [9.17, 15) is 4.79 Å². The predicted octanol–water partition coefficient (Wildman–Crippen LogP) is 3.20. The second-order valence-electron chi connectivity index (χ2n) is 6.37. The molecule has 1 aliphatic heterocycles. The summed E-state index contributed by atoms with van der Waals surface area (Å²) >= 11 is 0. The molecule has 1 fully saturated rings. The maximum Gasteiger partial charge on any atom is 0.410 e. The molecule has 0 aliphatic carbocycles. The van der Waals surface area contributed by atoms with E-state index in [0.717, 1.165) is 25.9 Å². The summed E-state index contributed by atoms with van der Waals surface area (Å²) in [4.78, 5) is 18.0. The van der Waals surface area contributed by atoms with E-state index in [2.05, 4.69) is 4.98 Å². The Morgan fingerprint density at radius 2 is 2.00 bits per heavy atom. The monoisotopic (exact) mass is 292 g/mol. The number of hydrogen-bond acceptors (Lipinski definition) is 4. The number of carbonyl (C=O) groups is 1. The average molecular weight is 292 g/mol. The van der Waals surface area contributed by atoms with Gasteiger partial charge in [0.2, 0.25) is 5.88 Å². The summed E-state index contributed by atoms with van der Waals surface area (Å²) < 4.78 is 10.6. The Hall–Kier alpha value is -1.78. The van der Waals surface area contributed by atoms with E-state index in [0.29, 0.717) is 11.8 Å². The number of rotatable bonds is 2. The van der Waals surface area contributed by atoms with Crippen LogP contribution < -0.4 is 4.74 Å². The molecule has 0 radical (unpaired) electrons. The molecule has 1 aliphatic rings. The SMILES string of the molecule is COc1cc(C2CCN(C(=O)OC(C)(C)C)CC2)ccn1. The maximum absolute atomic E-state index is 12.0. The molecule has 1 amide bonds. The fourth-order valence-corrected chi connectivity index (χ4v) is 2.51. The van der Waals surface area contributed by atoms with Crippen molar-refractivity contribution in [1.82, 2.24) is 9.88 Å². The summed E-state index contributed by atoms with van der Waals surface area (Å²) in [6, 6.07) is 4.00. The molecule has 0 saturated carbocycles. The van der Waals surface area contributed by atoms with Crippen molar-refractivity contribution in [2.24, 2.45) is 0 Å². The lowest BCUT2D eigenvalue weighted by Crippen LogP contribution is -2.41. The summed E-state index contributed by atoms with van der Waals surface area (Å²) in [5.74, 6) is 1.09. The minimum absolute atomic E-state index is 0.215. The van der Waals surface area contributed by atoms with E-state index in [-0.39, 0.29) is 6.09 Å². The first-order valence-electron chi connectivity index (χ1n) is 7.37. The largest absolute Gasteiger partial charge is 0.481 e. The van der Waals surface area contributed by atoms with E-state index in [4.69, 9.17) is 9.47 Å². The van der Waals surface area contributed by atoms with Crippen molar-refractivity contribution in [3.05, 3.63) is 23.9 Å². The van der Waals surface area contributed by atoms with Crippen molar-refractivity contribution in [3.8, 4) is 5.88 Å². The van der Waals surface area contributed by atoms with Gasteiger partial charge in [-0.1, -0.05) is 0 Å². The quantitative estimate of drug-likeness (QED) is 0.840. The summed E-state index contributed by atoms with van der Waals surface area (Å²) in [5, 5.41) is 0. The smallest absolute Gasteiger partial charge is 0.410 e. The highest BCUT2D eigenvalue weighted by Crippen LogP contribution is 2.29. The van der Waals surface area contributed by atoms with Crippen molar-refractivity contribution < 1.29 is 14.3 Å². The number of nitrogens with zero attached hydrogens (tertiary/aromatic N) is 2. The van der Waals surface area contributed by atoms with E-state index in [1.165, 1.54) is 5.56 Å².